The van der Waals surface area contributed by atoms with Gasteiger partial charge >= 0.3 is 0 Å². The molecule has 0 amide bonds. The first-order valence-electron chi connectivity index (χ1n) is 6.83. The van der Waals surface area contributed by atoms with Crippen LogP contribution in [0.2, 0.25) is 0 Å². The maximum atomic E-state index is 5.39. The fourth-order valence-electron chi connectivity index (χ4n) is 2.97. The predicted octanol–water partition coefficient (Wildman–Crippen LogP) is 2.38. The van der Waals surface area contributed by atoms with Crippen LogP contribution in [-0.4, -0.2) is 23.0 Å². The van der Waals surface area contributed by atoms with Crippen molar-refractivity contribution in [2.45, 2.75) is 45.2 Å². The van der Waals surface area contributed by atoms with Crippen molar-refractivity contribution in [3.63, 3.8) is 0 Å². The van der Waals surface area contributed by atoms with Gasteiger partial charge in [0.2, 0.25) is 0 Å². The first kappa shape index (κ1) is 13.3. The van der Waals surface area contributed by atoms with E-state index in [4.69, 9.17) is 5.84 Å². The Labute approximate surface area is 110 Å². The molecule has 1 aromatic heterocycles. The molecule has 0 radical (unpaired) electrons. The molecule has 0 aromatic carbocycles. The van der Waals surface area contributed by atoms with Crippen LogP contribution in [0.1, 0.15) is 38.3 Å². The minimum atomic E-state index is 0.690. The summed E-state index contributed by atoms with van der Waals surface area (Å²) >= 11 is 0. The van der Waals surface area contributed by atoms with E-state index in [1.165, 1.54) is 25.7 Å². The highest BCUT2D eigenvalue weighted by Crippen LogP contribution is 2.28. The Hall–Kier alpha value is -1.13. The highest BCUT2D eigenvalue weighted by molar-refractivity contribution is 5.33. The molecule has 4 heteroatoms. The number of anilines is 1. The molecule has 3 N–H and O–H groups in total. The van der Waals surface area contributed by atoms with E-state index >= 15 is 0 Å². The monoisotopic (exact) mass is 248 g/mol. The number of hydrogen-bond donors (Lipinski definition) is 2. The molecule has 0 spiro atoms. The zero-order chi connectivity index (χ0) is 13.0. The van der Waals surface area contributed by atoms with Crippen molar-refractivity contribution in [1.82, 2.24) is 9.88 Å². The van der Waals surface area contributed by atoms with Gasteiger partial charge in [-0.15, -0.1) is 0 Å². The molecule has 4 nitrogen and oxygen atoms in total. The molecule has 1 heterocycles. The van der Waals surface area contributed by atoms with Crippen molar-refractivity contribution in [2.75, 3.05) is 12.5 Å². The van der Waals surface area contributed by atoms with Gasteiger partial charge in [0.15, 0.2) is 0 Å². The Morgan fingerprint density at radius 1 is 1.39 bits per heavy atom. The quantitative estimate of drug-likeness (QED) is 0.634. The summed E-state index contributed by atoms with van der Waals surface area (Å²) in [5, 5.41) is 0. The molecule has 1 aliphatic rings. The lowest BCUT2D eigenvalue weighted by molar-refractivity contribution is 0.132. The molecular formula is C14H24N4. The van der Waals surface area contributed by atoms with E-state index in [0.29, 0.717) is 6.04 Å². The van der Waals surface area contributed by atoms with Crippen LogP contribution in [0.3, 0.4) is 0 Å². The average molecular weight is 248 g/mol. The second-order valence-corrected chi connectivity index (χ2v) is 5.40. The van der Waals surface area contributed by atoms with Crippen molar-refractivity contribution < 1.29 is 0 Å². The number of nitrogens with one attached hydrogen (secondary N) is 1. The topological polar surface area (TPSA) is 54.2 Å². The summed E-state index contributed by atoms with van der Waals surface area (Å²) in [5.41, 5.74) is 3.67. The molecule has 0 bridgehead atoms. The van der Waals surface area contributed by atoms with Crippen LogP contribution in [0, 0.1) is 5.92 Å². The zero-order valence-corrected chi connectivity index (χ0v) is 11.4. The number of nitrogen functional groups attached to an aromatic ring is 1. The van der Waals surface area contributed by atoms with Crippen LogP contribution in [-0.2, 0) is 6.54 Å². The smallest absolute Gasteiger partial charge is 0.140 e. The normalized spacial score (nSPS) is 24.2. The lowest BCUT2D eigenvalue weighted by Crippen LogP contribution is -2.38. The maximum Gasteiger partial charge on any atom is 0.140 e. The first-order valence-corrected chi connectivity index (χ1v) is 6.83. The molecule has 100 valence electrons. The minimum Gasteiger partial charge on any atom is -0.308 e. The molecule has 2 atom stereocenters. The summed E-state index contributed by atoms with van der Waals surface area (Å²) in [5.74, 6) is 6.91. The van der Waals surface area contributed by atoms with Gasteiger partial charge in [0, 0.05) is 12.6 Å². The van der Waals surface area contributed by atoms with E-state index in [9.17, 15) is 0 Å². The molecule has 1 fully saturated rings. The predicted molar refractivity (Wildman–Crippen MR) is 74.9 cm³/mol. The lowest BCUT2D eigenvalue weighted by Gasteiger charge is -2.36. The second-order valence-electron chi connectivity index (χ2n) is 5.40. The van der Waals surface area contributed by atoms with Crippen LogP contribution >= 0.6 is 0 Å². The Kier molecular flexibility index (Phi) is 4.55. The average Bonchev–Trinajstić information content (AvgIpc) is 2.39. The molecule has 1 aromatic rings. The third kappa shape index (κ3) is 3.21. The van der Waals surface area contributed by atoms with Crippen molar-refractivity contribution in [3.05, 3.63) is 23.9 Å². The van der Waals surface area contributed by atoms with Gasteiger partial charge in [-0.3, -0.25) is 4.90 Å². The standard InChI is InChI=1S/C14H24N4/c1-11-6-3-4-8-13(11)18(2)10-12-7-5-9-14(16-12)17-15/h5,7,9,11,13H,3-4,6,8,10,15H2,1-2H3,(H,16,17). The van der Waals surface area contributed by atoms with Gasteiger partial charge in [-0.05, 0) is 37.9 Å². The van der Waals surface area contributed by atoms with Crippen LogP contribution in [0.5, 0.6) is 0 Å². The Morgan fingerprint density at radius 3 is 2.89 bits per heavy atom. The fraction of sp³-hybridized carbons (Fsp3) is 0.643. The van der Waals surface area contributed by atoms with Gasteiger partial charge in [0.05, 0.1) is 5.69 Å². The van der Waals surface area contributed by atoms with Gasteiger partial charge in [-0.25, -0.2) is 10.8 Å². The van der Waals surface area contributed by atoms with E-state index in [-0.39, 0.29) is 0 Å². The lowest BCUT2D eigenvalue weighted by atomic mass is 9.85. The number of pyridine rings is 1. The zero-order valence-electron chi connectivity index (χ0n) is 11.4. The number of nitrogens with two attached hydrogens (primary N) is 1. The van der Waals surface area contributed by atoms with E-state index in [1.54, 1.807) is 0 Å². The molecule has 0 aliphatic heterocycles. The van der Waals surface area contributed by atoms with Crippen LogP contribution in [0.15, 0.2) is 18.2 Å². The van der Waals surface area contributed by atoms with Crippen LogP contribution in [0.4, 0.5) is 5.82 Å². The van der Waals surface area contributed by atoms with E-state index in [0.717, 1.165) is 24.0 Å². The van der Waals surface area contributed by atoms with Gasteiger partial charge in [0.25, 0.3) is 0 Å². The number of hydrogen-bond acceptors (Lipinski definition) is 4. The molecule has 1 aliphatic carbocycles. The van der Waals surface area contributed by atoms with Gasteiger partial charge in [-0.2, -0.15) is 0 Å². The molecular weight excluding hydrogens is 224 g/mol. The van der Waals surface area contributed by atoms with Crippen molar-refractivity contribution in [2.24, 2.45) is 11.8 Å². The molecule has 18 heavy (non-hydrogen) atoms. The Morgan fingerprint density at radius 2 is 2.17 bits per heavy atom. The number of rotatable bonds is 4. The number of nitrogens with zero attached hydrogens (tertiary/aromatic N) is 2. The first-order chi connectivity index (χ1) is 8.70. The molecule has 2 unspecified atom stereocenters. The summed E-state index contributed by atoms with van der Waals surface area (Å²) in [4.78, 5) is 6.91. The summed E-state index contributed by atoms with van der Waals surface area (Å²) in [6.07, 6.45) is 5.41. The highest BCUT2D eigenvalue weighted by Gasteiger charge is 2.24. The summed E-state index contributed by atoms with van der Waals surface area (Å²) in [7, 11) is 2.21. The van der Waals surface area contributed by atoms with Gasteiger partial charge in [0.1, 0.15) is 5.82 Å². The summed E-state index contributed by atoms with van der Waals surface area (Å²) in [6.45, 7) is 3.26. The Balaban J connectivity index is 1.98. The Bertz CT molecular complexity index is 380. The maximum absolute atomic E-state index is 5.39. The van der Waals surface area contributed by atoms with E-state index in [2.05, 4.69) is 35.3 Å². The van der Waals surface area contributed by atoms with Crippen molar-refractivity contribution in [3.8, 4) is 0 Å². The van der Waals surface area contributed by atoms with Crippen LogP contribution < -0.4 is 11.3 Å². The van der Waals surface area contributed by atoms with E-state index in [1.807, 2.05) is 12.1 Å². The molecule has 0 saturated heterocycles. The number of aromatic nitrogens is 1. The van der Waals surface area contributed by atoms with Crippen molar-refractivity contribution >= 4 is 5.82 Å². The SMILES string of the molecule is CC1CCCCC1N(C)Cc1cccc(NN)n1. The second kappa shape index (κ2) is 6.16. The number of hydrazine groups is 1. The summed E-state index contributed by atoms with van der Waals surface area (Å²) in [6, 6.07) is 6.63. The minimum absolute atomic E-state index is 0.690. The molecule has 2 rings (SSSR count). The van der Waals surface area contributed by atoms with E-state index < -0.39 is 0 Å². The third-order valence-electron chi connectivity index (χ3n) is 4.00. The summed E-state index contributed by atoms with van der Waals surface area (Å²) < 4.78 is 0. The fourth-order valence-corrected chi connectivity index (χ4v) is 2.97. The highest BCUT2D eigenvalue weighted by atomic mass is 15.3. The van der Waals surface area contributed by atoms with Crippen molar-refractivity contribution in [1.29, 1.82) is 0 Å². The largest absolute Gasteiger partial charge is 0.308 e. The molecule has 1 saturated carbocycles. The van der Waals surface area contributed by atoms with Crippen LogP contribution in [0.25, 0.3) is 0 Å². The van der Waals surface area contributed by atoms with Gasteiger partial charge in [-0.1, -0.05) is 25.8 Å². The third-order valence-corrected chi connectivity index (χ3v) is 4.00. The van der Waals surface area contributed by atoms with Gasteiger partial charge < -0.3 is 5.43 Å².